The number of rotatable bonds is 6. The van der Waals surface area contributed by atoms with Crippen LogP contribution in [0, 0.1) is 0 Å². The van der Waals surface area contributed by atoms with Crippen molar-refractivity contribution in [1.82, 2.24) is 4.90 Å². The quantitative estimate of drug-likeness (QED) is 0.757. The highest BCUT2D eigenvalue weighted by molar-refractivity contribution is 5.89. The number of nitrogens with zero attached hydrogens (tertiary/aromatic N) is 2. The summed E-state index contributed by atoms with van der Waals surface area (Å²) in [5.41, 5.74) is 1.66. The van der Waals surface area contributed by atoms with Gasteiger partial charge in [-0.25, -0.2) is 4.79 Å². The Labute approximate surface area is 138 Å². The van der Waals surface area contributed by atoms with E-state index in [4.69, 9.17) is 4.74 Å². The van der Waals surface area contributed by atoms with E-state index in [2.05, 4.69) is 11.8 Å². The van der Waals surface area contributed by atoms with Crippen LogP contribution in [0.5, 0.6) is 0 Å². The summed E-state index contributed by atoms with van der Waals surface area (Å²) in [5.74, 6) is -0.0189. The first-order valence-electron chi connectivity index (χ1n) is 8.45. The van der Waals surface area contributed by atoms with Crippen molar-refractivity contribution in [3.05, 3.63) is 29.8 Å². The summed E-state index contributed by atoms with van der Waals surface area (Å²) in [6, 6.07) is 7.49. The number of piperazine rings is 1. The van der Waals surface area contributed by atoms with E-state index in [9.17, 15) is 9.59 Å². The molecule has 1 aliphatic rings. The van der Waals surface area contributed by atoms with Crippen LogP contribution in [-0.2, 0) is 9.53 Å². The topological polar surface area (TPSA) is 49.9 Å². The van der Waals surface area contributed by atoms with Crippen LogP contribution in [0.3, 0.4) is 0 Å². The number of unbranched alkanes of at least 4 members (excludes halogenated alkanes) is 1. The van der Waals surface area contributed by atoms with Gasteiger partial charge in [-0.05, 0) is 37.6 Å². The van der Waals surface area contributed by atoms with Crippen LogP contribution in [-0.4, -0.2) is 49.6 Å². The van der Waals surface area contributed by atoms with Gasteiger partial charge in [-0.2, -0.15) is 0 Å². The Bertz CT molecular complexity index is 520. The fourth-order valence-corrected chi connectivity index (χ4v) is 2.72. The van der Waals surface area contributed by atoms with E-state index in [1.54, 1.807) is 19.1 Å². The lowest BCUT2D eigenvalue weighted by atomic mass is 10.1. The van der Waals surface area contributed by atoms with Gasteiger partial charge >= 0.3 is 5.97 Å². The van der Waals surface area contributed by atoms with Gasteiger partial charge in [-0.15, -0.1) is 0 Å². The zero-order chi connectivity index (χ0) is 16.7. The van der Waals surface area contributed by atoms with E-state index in [1.807, 2.05) is 17.0 Å². The summed E-state index contributed by atoms with van der Waals surface area (Å²) in [5, 5.41) is 0. The maximum absolute atomic E-state index is 12.0. The summed E-state index contributed by atoms with van der Waals surface area (Å²) < 4.78 is 4.99. The van der Waals surface area contributed by atoms with Crippen LogP contribution in [0.15, 0.2) is 24.3 Å². The molecule has 1 saturated heterocycles. The predicted molar refractivity (Wildman–Crippen MR) is 90.7 cm³/mol. The molecule has 0 radical (unpaired) electrons. The smallest absolute Gasteiger partial charge is 0.338 e. The molecule has 0 atom stereocenters. The van der Waals surface area contributed by atoms with Crippen LogP contribution in [0.25, 0.3) is 0 Å². The van der Waals surface area contributed by atoms with Gasteiger partial charge in [0.15, 0.2) is 0 Å². The van der Waals surface area contributed by atoms with Crippen LogP contribution < -0.4 is 4.90 Å². The Morgan fingerprint density at radius 3 is 2.26 bits per heavy atom. The molecule has 1 aromatic carbocycles. The third-order valence-electron chi connectivity index (χ3n) is 4.12. The van der Waals surface area contributed by atoms with Crippen molar-refractivity contribution in [1.29, 1.82) is 0 Å². The highest BCUT2D eigenvalue weighted by Gasteiger charge is 2.21. The van der Waals surface area contributed by atoms with Gasteiger partial charge in [0.25, 0.3) is 0 Å². The zero-order valence-corrected chi connectivity index (χ0v) is 14.1. The zero-order valence-electron chi connectivity index (χ0n) is 14.1. The van der Waals surface area contributed by atoms with Gasteiger partial charge in [0.2, 0.25) is 5.91 Å². The molecule has 0 aromatic heterocycles. The van der Waals surface area contributed by atoms with Crippen molar-refractivity contribution in [2.24, 2.45) is 0 Å². The fraction of sp³-hybridized carbons (Fsp3) is 0.556. The molecular weight excluding hydrogens is 292 g/mol. The number of anilines is 1. The summed E-state index contributed by atoms with van der Waals surface area (Å²) in [4.78, 5) is 27.9. The van der Waals surface area contributed by atoms with Crippen molar-refractivity contribution in [2.45, 2.75) is 33.1 Å². The second-order valence-corrected chi connectivity index (χ2v) is 5.74. The van der Waals surface area contributed by atoms with E-state index < -0.39 is 0 Å². The average molecular weight is 318 g/mol. The van der Waals surface area contributed by atoms with Gasteiger partial charge in [-0.1, -0.05) is 13.3 Å². The van der Waals surface area contributed by atoms with Crippen LogP contribution in [0.4, 0.5) is 5.69 Å². The van der Waals surface area contributed by atoms with Gasteiger partial charge < -0.3 is 14.5 Å². The third kappa shape index (κ3) is 4.71. The fourth-order valence-electron chi connectivity index (χ4n) is 2.72. The normalized spacial score (nSPS) is 14.7. The molecule has 1 aliphatic heterocycles. The number of esters is 1. The lowest BCUT2D eigenvalue weighted by Crippen LogP contribution is -2.48. The predicted octanol–water partition coefficient (Wildman–Crippen LogP) is 2.70. The number of amides is 1. The first-order chi connectivity index (χ1) is 11.2. The van der Waals surface area contributed by atoms with E-state index in [-0.39, 0.29) is 11.9 Å². The van der Waals surface area contributed by atoms with Gasteiger partial charge in [0.05, 0.1) is 12.2 Å². The van der Waals surface area contributed by atoms with E-state index >= 15 is 0 Å². The van der Waals surface area contributed by atoms with E-state index in [1.165, 1.54) is 0 Å². The van der Waals surface area contributed by atoms with Crippen LogP contribution in [0.2, 0.25) is 0 Å². The molecule has 0 N–H and O–H groups in total. The molecule has 0 saturated carbocycles. The summed E-state index contributed by atoms with van der Waals surface area (Å²) in [7, 11) is 0. The van der Waals surface area contributed by atoms with E-state index in [0.29, 0.717) is 18.6 Å². The van der Waals surface area contributed by atoms with Gasteiger partial charge in [-0.3, -0.25) is 4.79 Å². The second-order valence-electron chi connectivity index (χ2n) is 5.74. The number of ether oxygens (including phenoxy) is 1. The minimum Gasteiger partial charge on any atom is -0.462 e. The van der Waals surface area contributed by atoms with Crippen molar-refractivity contribution >= 4 is 17.6 Å². The van der Waals surface area contributed by atoms with Crippen molar-refractivity contribution < 1.29 is 14.3 Å². The Morgan fingerprint density at radius 2 is 1.70 bits per heavy atom. The third-order valence-corrected chi connectivity index (χ3v) is 4.12. The molecule has 5 heteroatoms. The van der Waals surface area contributed by atoms with Crippen LogP contribution >= 0.6 is 0 Å². The maximum atomic E-state index is 12.0. The molecule has 1 amide bonds. The molecule has 0 spiro atoms. The highest BCUT2D eigenvalue weighted by Crippen LogP contribution is 2.18. The standard InChI is InChI=1S/C18H26N2O3/c1-3-5-6-17(21)20-13-11-19(12-14-20)16-9-7-15(8-10-16)18(22)23-4-2/h7-10H,3-6,11-14H2,1-2H3. The molecule has 23 heavy (non-hydrogen) atoms. The minimum absolute atomic E-state index is 0.268. The van der Waals surface area contributed by atoms with Crippen LogP contribution in [0.1, 0.15) is 43.5 Å². The Balaban J connectivity index is 1.87. The SMILES string of the molecule is CCCCC(=O)N1CCN(c2ccc(C(=O)OCC)cc2)CC1. The molecule has 1 heterocycles. The maximum Gasteiger partial charge on any atom is 0.338 e. The molecule has 0 aliphatic carbocycles. The molecule has 2 rings (SSSR count). The minimum atomic E-state index is -0.287. The summed E-state index contributed by atoms with van der Waals surface area (Å²) in [6.07, 6.45) is 2.68. The van der Waals surface area contributed by atoms with Crippen molar-refractivity contribution in [3.63, 3.8) is 0 Å². The molecule has 1 fully saturated rings. The first kappa shape index (κ1) is 17.3. The molecule has 0 bridgehead atoms. The summed E-state index contributed by atoms with van der Waals surface area (Å²) >= 11 is 0. The number of carbonyl (C=O) groups excluding carboxylic acids is 2. The lowest BCUT2D eigenvalue weighted by molar-refractivity contribution is -0.131. The Morgan fingerprint density at radius 1 is 1.04 bits per heavy atom. The highest BCUT2D eigenvalue weighted by atomic mass is 16.5. The molecule has 5 nitrogen and oxygen atoms in total. The monoisotopic (exact) mass is 318 g/mol. The van der Waals surface area contributed by atoms with Gasteiger partial charge in [0, 0.05) is 38.3 Å². The number of hydrogen-bond acceptors (Lipinski definition) is 4. The van der Waals surface area contributed by atoms with Crippen molar-refractivity contribution in [3.8, 4) is 0 Å². The number of benzene rings is 1. The first-order valence-corrected chi connectivity index (χ1v) is 8.45. The number of hydrogen-bond donors (Lipinski definition) is 0. The Kier molecular flexibility index (Phi) is 6.44. The summed E-state index contributed by atoms with van der Waals surface area (Å²) in [6.45, 7) is 7.48. The van der Waals surface area contributed by atoms with E-state index in [0.717, 1.165) is 44.7 Å². The number of carbonyl (C=O) groups is 2. The molecule has 0 unspecified atom stereocenters. The largest absolute Gasteiger partial charge is 0.462 e. The van der Waals surface area contributed by atoms with Gasteiger partial charge in [0.1, 0.15) is 0 Å². The Hall–Kier alpha value is -2.04. The van der Waals surface area contributed by atoms with Crippen molar-refractivity contribution in [2.75, 3.05) is 37.7 Å². The average Bonchev–Trinajstić information content (AvgIpc) is 2.60. The lowest BCUT2D eigenvalue weighted by Gasteiger charge is -2.36. The molecular formula is C18H26N2O3. The molecule has 126 valence electrons. The second kappa shape index (κ2) is 8.56. The molecule has 1 aromatic rings.